The Bertz CT molecular complexity index is 1500. The maximum atomic E-state index is 12.9. The topological polar surface area (TPSA) is 99.2 Å². The smallest absolute Gasteiger partial charge is 0.339 e. The Morgan fingerprint density at radius 1 is 1.00 bits per heavy atom. The molecular weight excluding hydrogens is 665 g/mol. The van der Waals surface area contributed by atoms with Crippen molar-refractivity contribution in [2.75, 3.05) is 19.8 Å². The molecule has 0 saturated carbocycles. The zero-order valence-electron chi connectivity index (χ0n) is 19.9. The highest BCUT2D eigenvalue weighted by Crippen LogP contribution is 2.39. The molecule has 3 aromatic carbocycles. The van der Waals surface area contributed by atoms with E-state index in [1.54, 1.807) is 67.6 Å². The van der Waals surface area contributed by atoms with Crippen molar-refractivity contribution >= 4 is 73.3 Å². The Balaban J connectivity index is 1.52. The largest absolute Gasteiger partial charge is 0.490 e. The molecule has 1 aliphatic rings. The molecule has 0 spiro atoms. The first-order valence-corrected chi connectivity index (χ1v) is 15.0. The number of nitrogens with zero attached hydrogens (tertiary/aromatic N) is 1. The van der Waals surface area contributed by atoms with Gasteiger partial charge in [0.05, 0.1) is 26.6 Å². The molecule has 38 heavy (non-hydrogen) atoms. The van der Waals surface area contributed by atoms with Gasteiger partial charge in [0, 0.05) is 0 Å². The molecule has 12 heteroatoms. The molecule has 3 aromatic rings. The summed E-state index contributed by atoms with van der Waals surface area (Å²) < 4.78 is 42.7. The molecular formula is C26H21ClINO7S2. The highest BCUT2D eigenvalue weighted by molar-refractivity contribution is 14.1. The fraction of sp³-hybridized carbons (Fsp3) is 0.154. The molecule has 8 nitrogen and oxygen atoms in total. The number of hydrogen-bond donors (Lipinski definition) is 0. The van der Waals surface area contributed by atoms with E-state index in [2.05, 4.69) is 0 Å². The number of carbonyl (C=O) groups excluding carboxylic acids is 2. The predicted octanol–water partition coefficient (Wildman–Crippen LogP) is 6.23. The van der Waals surface area contributed by atoms with E-state index in [-0.39, 0.29) is 41.1 Å². The second-order valence-electron chi connectivity index (χ2n) is 7.73. The quantitative estimate of drug-likeness (QED) is 0.141. The van der Waals surface area contributed by atoms with E-state index in [4.69, 9.17) is 25.3 Å². The van der Waals surface area contributed by atoms with Gasteiger partial charge in [-0.1, -0.05) is 41.9 Å². The number of halogens is 2. The Labute approximate surface area is 243 Å². The number of imide groups is 1. The van der Waals surface area contributed by atoms with Crippen LogP contribution in [0.25, 0.3) is 6.08 Å². The predicted molar refractivity (Wildman–Crippen MR) is 154 cm³/mol. The average Bonchev–Trinajstić information content (AvgIpc) is 3.15. The summed E-state index contributed by atoms with van der Waals surface area (Å²) in [6.45, 7) is 2.15. The van der Waals surface area contributed by atoms with Gasteiger partial charge >= 0.3 is 10.1 Å². The standard InChI is InChI=1S/C26H21ClINO7S2/c1-2-34-22-15-17(14-20(28)24(22)36-38(32,33)18-8-4-3-5-9-18)16-23-25(30)29(26(31)37-23)12-13-35-21-11-7-6-10-19(21)27/h3-11,14-16H,2,12-13H2,1H3/b23-16-. The first kappa shape index (κ1) is 28.3. The molecule has 1 aliphatic heterocycles. The third-order valence-corrected chi connectivity index (χ3v) is 8.39. The fourth-order valence-corrected chi connectivity index (χ4v) is 6.33. The van der Waals surface area contributed by atoms with Crippen LogP contribution in [0.3, 0.4) is 0 Å². The molecule has 0 N–H and O–H groups in total. The highest BCUT2D eigenvalue weighted by atomic mass is 127. The molecule has 198 valence electrons. The van der Waals surface area contributed by atoms with E-state index in [1.165, 1.54) is 12.1 Å². The first-order chi connectivity index (χ1) is 18.2. The van der Waals surface area contributed by atoms with Crippen LogP contribution in [0.5, 0.6) is 17.2 Å². The molecule has 1 fully saturated rings. The Kier molecular flexibility index (Phi) is 9.23. The van der Waals surface area contributed by atoms with Gasteiger partial charge in [-0.3, -0.25) is 14.5 Å². The SMILES string of the molecule is CCOc1cc(/C=C2\SC(=O)N(CCOc3ccccc3Cl)C2=O)cc(I)c1OS(=O)(=O)c1ccccc1. The van der Waals surface area contributed by atoms with E-state index in [0.717, 1.165) is 16.7 Å². The lowest BCUT2D eigenvalue weighted by molar-refractivity contribution is -0.123. The minimum absolute atomic E-state index is 0.00881. The Hall–Kier alpha value is -2.74. The van der Waals surface area contributed by atoms with Gasteiger partial charge in [-0.25, -0.2) is 0 Å². The number of ether oxygens (including phenoxy) is 2. The monoisotopic (exact) mass is 685 g/mol. The molecule has 1 saturated heterocycles. The second kappa shape index (κ2) is 12.4. The fourth-order valence-electron chi connectivity index (χ4n) is 3.41. The van der Waals surface area contributed by atoms with Crippen molar-refractivity contribution in [2.45, 2.75) is 11.8 Å². The summed E-state index contributed by atoms with van der Waals surface area (Å²) in [5.74, 6) is 0.241. The summed E-state index contributed by atoms with van der Waals surface area (Å²) in [4.78, 5) is 26.8. The Morgan fingerprint density at radius 3 is 2.42 bits per heavy atom. The van der Waals surface area contributed by atoms with Crippen molar-refractivity contribution in [1.29, 1.82) is 0 Å². The van der Waals surface area contributed by atoms with Gasteiger partial charge < -0.3 is 13.7 Å². The third kappa shape index (κ3) is 6.63. The molecule has 4 rings (SSSR count). The lowest BCUT2D eigenvalue weighted by Gasteiger charge is -2.15. The van der Waals surface area contributed by atoms with Crippen LogP contribution in [0.1, 0.15) is 12.5 Å². The minimum atomic E-state index is -4.10. The summed E-state index contributed by atoms with van der Waals surface area (Å²) in [5.41, 5.74) is 0.542. The number of thioether (sulfide) groups is 1. The zero-order valence-corrected chi connectivity index (χ0v) is 24.5. The number of para-hydroxylation sites is 1. The molecule has 0 bridgehead atoms. The van der Waals surface area contributed by atoms with Crippen molar-refractivity contribution in [2.24, 2.45) is 0 Å². The van der Waals surface area contributed by atoms with Gasteiger partial charge in [-0.2, -0.15) is 8.42 Å². The van der Waals surface area contributed by atoms with E-state index >= 15 is 0 Å². The highest BCUT2D eigenvalue weighted by Gasteiger charge is 2.35. The normalized spacial score (nSPS) is 14.7. The van der Waals surface area contributed by atoms with Gasteiger partial charge in [-0.15, -0.1) is 0 Å². The summed E-state index contributed by atoms with van der Waals surface area (Å²) in [6.07, 6.45) is 1.56. The lowest BCUT2D eigenvalue weighted by Crippen LogP contribution is -2.32. The summed E-state index contributed by atoms with van der Waals surface area (Å²) in [7, 11) is -4.10. The first-order valence-electron chi connectivity index (χ1n) is 11.3. The molecule has 0 radical (unpaired) electrons. The summed E-state index contributed by atoms with van der Waals surface area (Å²) >= 11 is 8.83. The maximum Gasteiger partial charge on any atom is 0.339 e. The van der Waals surface area contributed by atoms with Crippen LogP contribution in [-0.4, -0.2) is 44.2 Å². The number of carbonyl (C=O) groups is 2. The summed E-state index contributed by atoms with van der Waals surface area (Å²) in [6, 6.07) is 17.9. The zero-order chi connectivity index (χ0) is 27.3. The van der Waals surface area contributed by atoms with Crippen LogP contribution in [0, 0.1) is 3.57 Å². The molecule has 0 aliphatic carbocycles. The number of hydrogen-bond acceptors (Lipinski definition) is 8. The lowest BCUT2D eigenvalue weighted by atomic mass is 10.2. The van der Waals surface area contributed by atoms with E-state index in [9.17, 15) is 18.0 Å². The minimum Gasteiger partial charge on any atom is -0.490 e. The number of benzene rings is 3. The van der Waals surface area contributed by atoms with Gasteiger partial charge in [0.25, 0.3) is 11.1 Å². The summed E-state index contributed by atoms with van der Waals surface area (Å²) in [5, 5.41) is 0.0166. The van der Waals surface area contributed by atoms with Gasteiger partial charge in [-0.05, 0) is 89.3 Å². The molecule has 0 aromatic heterocycles. The van der Waals surface area contributed by atoms with Crippen molar-refractivity contribution in [3.63, 3.8) is 0 Å². The Morgan fingerprint density at radius 2 is 1.71 bits per heavy atom. The van der Waals surface area contributed by atoms with Crippen LogP contribution in [0.4, 0.5) is 4.79 Å². The van der Waals surface area contributed by atoms with Crippen molar-refractivity contribution in [3.8, 4) is 17.2 Å². The van der Waals surface area contributed by atoms with Crippen LogP contribution in [0.2, 0.25) is 5.02 Å². The van der Waals surface area contributed by atoms with Crippen LogP contribution >= 0.6 is 46.0 Å². The third-order valence-electron chi connectivity index (χ3n) is 5.14. The second-order valence-corrected chi connectivity index (χ2v) is 11.8. The van der Waals surface area contributed by atoms with E-state index < -0.39 is 21.3 Å². The van der Waals surface area contributed by atoms with Crippen molar-refractivity contribution < 1.29 is 31.7 Å². The number of rotatable bonds is 10. The van der Waals surface area contributed by atoms with Crippen LogP contribution in [-0.2, 0) is 14.9 Å². The number of amides is 2. The van der Waals surface area contributed by atoms with E-state index in [1.807, 2.05) is 22.6 Å². The van der Waals surface area contributed by atoms with Crippen molar-refractivity contribution in [3.05, 3.63) is 85.8 Å². The van der Waals surface area contributed by atoms with Crippen LogP contribution in [0.15, 0.2) is 76.5 Å². The maximum absolute atomic E-state index is 12.9. The van der Waals surface area contributed by atoms with Gasteiger partial charge in [0.1, 0.15) is 17.3 Å². The molecule has 0 atom stereocenters. The molecule has 1 heterocycles. The molecule has 0 unspecified atom stereocenters. The van der Waals surface area contributed by atoms with Crippen molar-refractivity contribution in [1.82, 2.24) is 4.90 Å². The van der Waals surface area contributed by atoms with E-state index in [0.29, 0.717) is 19.9 Å². The average molecular weight is 686 g/mol. The van der Waals surface area contributed by atoms with Crippen LogP contribution < -0.4 is 13.7 Å². The van der Waals surface area contributed by atoms with Gasteiger partial charge in [0.15, 0.2) is 11.5 Å². The molecule has 2 amide bonds. The van der Waals surface area contributed by atoms with Gasteiger partial charge in [0.2, 0.25) is 0 Å².